The largest absolute Gasteiger partial charge is 0.496 e. The molecule has 2 aromatic heterocycles. The Balaban J connectivity index is 1.92. The highest BCUT2D eigenvalue weighted by molar-refractivity contribution is 5.71. The number of anilines is 1. The molecule has 6 nitrogen and oxygen atoms in total. The second-order valence-corrected chi connectivity index (χ2v) is 5.57. The number of methoxy groups -OCH3 is 2. The van der Waals surface area contributed by atoms with E-state index >= 15 is 0 Å². The monoisotopic (exact) mass is 326 g/mol. The van der Waals surface area contributed by atoms with Crippen LogP contribution in [0.15, 0.2) is 36.8 Å². The number of nitrogens with zero attached hydrogens (tertiary/aromatic N) is 3. The molecule has 0 unspecified atom stereocenters. The van der Waals surface area contributed by atoms with Gasteiger partial charge in [-0.1, -0.05) is 0 Å². The summed E-state index contributed by atoms with van der Waals surface area (Å²) in [7, 11) is 3.39. The van der Waals surface area contributed by atoms with Crippen LogP contribution in [-0.4, -0.2) is 41.7 Å². The van der Waals surface area contributed by atoms with E-state index in [0.717, 1.165) is 53.6 Å². The molecule has 1 aromatic carbocycles. The van der Waals surface area contributed by atoms with Gasteiger partial charge in [-0.05, 0) is 37.1 Å². The second kappa shape index (κ2) is 7.31. The van der Waals surface area contributed by atoms with Gasteiger partial charge in [0.2, 0.25) is 0 Å². The fourth-order valence-electron chi connectivity index (χ4n) is 2.72. The molecule has 126 valence electrons. The molecule has 0 fully saturated rings. The predicted molar refractivity (Wildman–Crippen MR) is 94.7 cm³/mol. The van der Waals surface area contributed by atoms with Gasteiger partial charge in [0.05, 0.1) is 19.0 Å². The normalized spacial score (nSPS) is 11.0. The molecule has 2 heterocycles. The molecule has 0 aliphatic carbocycles. The molecular formula is C18H22N4O2. The SMILES string of the molecule is COCCCNc1nccn2c(-c3ccc(OC)c(C)c3)cnc12. The molecule has 0 saturated heterocycles. The van der Waals surface area contributed by atoms with Gasteiger partial charge in [-0.25, -0.2) is 9.97 Å². The van der Waals surface area contributed by atoms with Crippen LogP contribution in [-0.2, 0) is 4.74 Å². The lowest BCUT2D eigenvalue weighted by atomic mass is 10.1. The molecular weight excluding hydrogens is 304 g/mol. The van der Waals surface area contributed by atoms with E-state index in [0.29, 0.717) is 0 Å². The van der Waals surface area contributed by atoms with Gasteiger partial charge in [0, 0.05) is 38.2 Å². The molecule has 0 bridgehead atoms. The highest BCUT2D eigenvalue weighted by atomic mass is 16.5. The summed E-state index contributed by atoms with van der Waals surface area (Å²) in [6.45, 7) is 3.56. The number of ether oxygens (including phenoxy) is 2. The Bertz CT molecular complexity index is 829. The summed E-state index contributed by atoms with van der Waals surface area (Å²) in [5.74, 6) is 1.67. The summed E-state index contributed by atoms with van der Waals surface area (Å²) in [6.07, 6.45) is 6.51. The molecule has 6 heteroatoms. The molecule has 0 amide bonds. The first kappa shape index (κ1) is 16.3. The Morgan fingerprint density at radius 3 is 2.83 bits per heavy atom. The second-order valence-electron chi connectivity index (χ2n) is 5.57. The first-order valence-electron chi connectivity index (χ1n) is 7.94. The minimum Gasteiger partial charge on any atom is -0.496 e. The maximum absolute atomic E-state index is 5.34. The molecule has 0 atom stereocenters. The van der Waals surface area contributed by atoms with Crippen molar-refractivity contribution in [3.63, 3.8) is 0 Å². The maximum atomic E-state index is 5.34. The Labute approximate surface area is 141 Å². The first-order chi connectivity index (χ1) is 11.7. The zero-order chi connectivity index (χ0) is 16.9. The van der Waals surface area contributed by atoms with Gasteiger partial charge >= 0.3 is 0 Å². The van der Waals surface area contributed by atoms with E-state index in [2.05, 4.69) is 21.4 Å². The zero-order valence-corrected chi connectivity index (χ0v) is 14.2. The molecule has 0 spiro atoms. The van der Waals surface area contributed by atoms with Crippen molar-refractivity contribution in [3.05, 3.63) is 42.4 Å². The third-order valence-electron chi connectivity index (χ3n) is 3.94. The molecule has 0 aliphatic rings. The minimum absolute atomic E-state index is 0.723. The van der Waals surface area contributed by atoms with Crippen molar-refractivity contribution in [1.29, 1.82) is 0 Å². The van der Waals surface area contributed by atoms with Crippen LogP contribution in [0.2, 0.25) is 0 Å². The molecule has 3 aromatic rings. The number of nitrogens with one attached hydrogen (secondary N) is 1. The van der Waals surface area contributed by atoms with Gasteiger partial charge in [-0.3, -0.25) is 4.40 Å². The first-order valence-corrected chi connectivity index (χ1v) is 7.94. The highest BCUT2D eigenvalue weighted by Gasteiger charge is 2.11. The van der Waals surface area contributed by atoms with Crippen LogP contribution in [0.25, 0.3) is 16.9 Å². The van der Waals surface area contributed by atoms with Crippen molar-refractivity contribution >= 4 is 11.5 Å². The molecule has 24 heavy (non-hydrogen) atoms. The Hall–Kier alpha value is -2.60. The van der Waals surface area contributed by atoms with Gasteiger partial charge in [-0.15, -0.1) is 0 Å². The average Bonchev–Trinajstić information content (AvgIpc) is 3.03. The van der Waals surface area contributed by atoms with E-state index in [1.807, 2.05) is 35.9 Å². The predicted octanol–water partition coefficient (Wildman–Crippen LogP) is 3.16. The third-order valence-corrected chi connectivity index (χ3v) is 3.94. The van der Waals surface area contributed by atoms with Crippen LogP contribution in [0.1, 0.15) is 12.0 Å². The van der Waals surface area contributed by atoms with Crippen LogP contribution in [0.5, 0.6) is 5.75 Å². The third kappa shape index (κ3) is 3.19. The maximum Gasteiger partial charge on any atom is 0.180 e. The summed E-state index contributed by atoms with van der Waals surface area (Å²) in [6, 6.07) is 6.13. The Morgan fingerprint density at radius 2 is 2.08 bits per heavy atom. The van der Waals surface area contributed by atoms with Crippen molar-refractivity contribution in [2.24, 2.45) is 0 Å². The van der Waals surface area contributed by atoms with Gasteiger partial charge in [-0.2, -0.15) is 0 Å². The standard InChI is InChI=1S/C18H22N4O2/c1-13-11-14(5-6-16(13)24-3)15-12-21-18-17(19-7-4-10-23-2)20-8-9-22(15)18/h5-6,8-9,11-12H,4,7,10H2,1-3H3,(H,19,20). The molecule has 1 N–H and O–H groups in total. The van der Waals surface area contributed by atoms with Crippen LogP contribution in [0, 0.1) is 6.92 Å². The lowest BCUT2D eigenvalue weighted by Gasteiger charge is -2.09. The zero-order valence-electron chi connectivity index (χ0n) is 14.2. The van der Waals surface area contributed by atoms with Crippen molar-refractivity contribution in [3.8, 4) is 17.0 Å². The fraction of sp³-hybridized carbons (Fsp3) is 0.333. The van der Waals surface area contributed by atoms with E-state index in [1.165, 1.54) is 0 Å². The van der Waals surface area contributed by atoms with Crippen molar-refractivity contribution in [2.45, 2.75) is 13.3 Å². The van der Waals surface area contributed by atoms with Crippen LogP contribution in [0.3, 0.4) is 0 Å². The summed E-state index contributed by atoms with van der Waals surface area (Å²) >= 11 is 0. The number of aryl methyl sites for hydroxylation is 1. The smallest absolute Gasteiger partial charge is 0.180 e. The number of hydrogen-bond donors (Lipinski definition) is 1. The summed E-state index contributed by atoms with van der Waals surface area (Å²) in [5.41, 5.74) is 4.03. The van der Waals surface area contributed by atoms with Crippen molar-refractivity contribution < 1.29 is 9.47 Å². The number of rotatable bonds is 7. The number of imidazole rings is 1. The lowest BCUT2D eigenvalue weighted by Crippen LogP contribution is -2.07. The van der Waals surface area contributed by atoms with Gasteiger partial charge in [0.15, 0.2) is 11.5 Å². The van der Waals surface area contributed by atoms with Gasteiger partial charge in [0.25, 0.3) is 0 Å². The topological polar surface area (TPSA) is 60.7 Å². The van der Waals surface area contributed by atoms with Gasteiger partial charge in [0.1, 0.15) is 5.75 Å². The summed E-state index contributed by atoms with van der Waals surface area (Å²) in [5, 5.41) is 3.32. The molecule has 0 radical (unpaired) electrons. The van der Waals surface area contributed by atoms with Crippen LogP contribution in [0.4, 0.5) is 5.82 Å². The van der Waals surface area contributed by atoms with Crippen LogP contribution >= 0.6 is 0 Å². The fourth-order valence-corrected chi connectivity index (χ4v) is 2.72. The minimum atomic E-state index is 0.723. The molecule has 3 rings (SSSR count). The number of fused-ring (bicyclic) bond motifs is 1. The number of hydrogen-bond acceptors (Lipinski definition) is 5. The number of benzene rings is 1. The molecule has 0 saturated carbocycles. The van der Waals surface area contributed by atoms with E-state index in [4.69, 9.17) is 9.47 Å². The van der Waals surface area contributed by atoms with E-state index in [9.17, 15) is 0 Å². The van der Waals surface area contributed by atoms with E-state index < -0.39 is 0 Å². The average molecular weight is 326 g/mol. The van der Waals surface area contributed by atoms with Crippen LogP contribution < -0.4 is 10.1 Å². The van der Waals surface area contributed by atoms with Crippen molar-refractivity contribution in [1.82, 2.24) is 14.4 Å². The molecule has 0 aliphatic heterocycles. The Morgan fingerprint density at radius 1 is 1.21 bits per heavy atom. The quantitative estimate of drug-likeness (QED) is 0.676. The lowest BCUT2D eigenvalue weighted by molar-refractivity contribution is 0.198. The summed E-state index contributed by atoms with van der Waals surface area (Å²) in [4.78, 5) is 8.94. The van der Waals surface area contributed by atoms with E-state index in [1.54, 1.807) is 20.4 Å². The Kier molecular flexibility index (Phi) is 4.96. The number of aromatic nitrogens is 3. The van der Waals surface area contributed by atoms with Crippen molar-refractivity contribution in [2.75, 3.05) is 32.7 Å². The van der Waals surface area contributed by atoms with E-state index in [-0.39, 0.29) is 0 Å². The summed E-state index contributed by atoms with van der Waals surface area (Å²) < 4.78 is 12.5. The van der Waals surface area contributed by atoms with Gasteiger partial charge < -0.3 is 14.8 Å². The highest BCUT2D eigenvalue weighted by Crippen LogP contribution is 2.27.